The van der Waals surface area contributed by atoms with Gasteiger partial charge < -0.3 is 10.1 Å². The third-order valence-corrected chi connectivity index (χ3v) is 3.57. The van der Waals surface area contributed by atoms with Crippen molar-refractivity contribution in [2.24, 2.45) is 0 Å². The lowest BCUT2D eigenvalue weighted by Gasteiger charge is -2.15. The van der Waals surface area contributed by atoms with Gasteiger partial charge in [0.1, 0.15) is 5.75 Å². The first kappa shape index (κ1) is 20.6. The molecule has 0 aromatic heterocycles. The molecule has 2 rings (SSSR count). The zero-order valence-corrected chi connectivity index (χ0v) is 14.0. The summed E-state index contributed by atoms with van der Waals surface area (Å²) in [5.41, 5.74) is -2.60. The standard InChI is InChI=1S/C18H15F6NO2/c1-2-11-3-5-15(6-4-11)27-10-16(26)25-14-8-12(17(19,20)21)7-13(9-14)18(22,23)24/h3-9H,2,10H2,1H3,(H,25,26). The lowest BCUT2D eigenvalue weighted by atomic mass is 10.1. The van der Waals surface area contributed by atoms with Gasteiger partial charge in [-0.1, -0.05) is 19.1 Å². The normalized spacial score (nSPS) is 12.0. The predicted molar refractivity (Wildman–Crippen MR) is 86.4 cm³/mol. The van der Waals surface area contributed by atoms with Gasteiger partial charge in [-0.3, -0.25) is 4.79 Å². The van der Waals surface area contributed by atoms with Crippen LogP contribution in [0.25, 0.3) is 0 Å². The van der Waals surface area contributed by atoms with Crippen LogP contribution in [0.15, 0.2) is 42.5 Å². The summed E-state index contributed by atoms with van der Waals surface area (Å²) in [6.07, 6.45) is -9.17. The van der Waals surface area contributed by atoms with E-state index >= 15 is 0 Å². The van der Waals surface area contributed by atoms with Crippen LogP contribution in [0.1, 0.15) is 23.6 Å². The van der Waals surface area contributed by atoms with Crippen LogP contribution in [0, 0.1) is 0 Å². The third-order valence-electron chi connectivity index (χ3n) is 3.57. The zero-order valence-electron chi connectivity index (χ0n) is 14.0. The Morgan fingerprint density at radius 3 is 1.89 bits per heavy atom. The van der Waals surface area contributed by atoms with Crippen LogP contribution in [0.5, 0.6) is 5.75 Å². The summed E-state index contributed by atoms with van der Waals surface area (Å²) in [5.74, 6) is -0.538. The van der Waals surface area contributed by atoms with Crippen molar-refractivity contribution >= 4 is 11.6 Å². The third kappa shape index (κ3) is 5.90. The van der Waals surface area contributed by atoms with Gasteiger partial charge in [0.2, 0.25) is 0 Å². The van der Waals surface area contributed by atoms with E-state index in [1.807, 2.05) is 12.2 Å². The molecule has 1 N–H and O–H groups in total. The second-order valence-electron chi connectivity index (χ2n) is 5.63. The van der Waals surface area contributed by atoms with Crippen molar-refractivity contribution in [1.82, 2.24) is 0 Å². The van der Waals surface area contributed by atoms with E-state index in [-0.39, 0.29) is 6.07 Å². The summed E-state index contributed by atoms with van der Waals surface area (Å²) < 4.78 is 82.0. The molecule has 2 aromatic carbocycles. The number of alkyl halides is 6. The predicted octanol–water partition coefficient (Wildman–Crippen LogP) is 5.30. The van der Waals surface area contributed by atoms with E-state index in [4.69, 9.17) is 4.74 Å². The van der Waals surface area contributed by atoms with Gasteiger partial charge in [-0.15, -0.1) is 0 Å². The molecule has 146 valence electrons. The van der Waals surface area contributed by atoms with Crippen LogP contribution >= 0.6 is 0 Å². The number of carbonyl (C=O) groups excluding carboxylic acids is 1. The van der Waals surface area contributed by atoms with Crippen molar-refractivity contribution in [2.75, 3.05) is 11.9 Å². The van der Waals surface area contributed by atoms with Crippen LogP contribution < -0.4 is 10.1 Å². The Bertz CT molecular complexity index is 765. The van der Waals surface area contributed by atoms with E-state index < -0.39 is 41.7 Å². The minimum absolute atomic E-state index is 0.0125. The molecule has 0 radical (unpaired) electrons. The molecule has 0 aliphatic rings. The molecule has 0 bridgehead atoms. The quantitative estimate of drug-likeness (QED) is 0.702. The lowest BCUT2D eigenvalue weighted by Crippen LogP contribution is -2.21. The average molecular weight is 391 g/mol. The average Bonchev–Trinajstić information content (AvgIpc) is 2.58. The Balaban J connectivity index is 2.11. The van der Waals surface area contributed by atoms with Crippen LogP contribution in [0.3, 0.4) is 0 Å². The Kier molecular flexibility index (Phi) is 6.02. The highest BCUT2D eigenvalue weighted by Crippen LogP contribution is 2.37. The first-order valence-electron chi connectivity index (χ1n) is 7.80. The molecule has 0 spiro atoms. The number of carbonyl (C=O) groups is 1. The van der Waals surface area contributed by atoms with E-state index in [0.717, 1.165) is 12.0 Å². The van der Waals surface area contributed by atoms with Crippen LogP contribution in [-0.4, -0.2) is 12.5 Å². The summed E-state index contributed by atoms with van der Waals surface area (Å²) in [6, 6.07) is 7.62. The fourth-order valence-corrected chi connectivity index (χ4v) is 2.19. The molecule has 0 aliphatic carbocycles. The Labute approximate surface area is 150 Å². The highest BCUT2D eigenvalue weighted by Gasteiger charge is 2.37. The zero-order chi connectivity index (χ0) is 20.2. The Morgan fingerprint density at radius 2 is 1.44 bits per heavy atom. The number of aryl methyl sites for hydroxylation is 1. The van der Waals surface area contributed by atoms with Gasteiger partial charge >= 0.3 is 12.4 Å². The van der Waals surface area contributed by atoms with Gasteiger partial charge in [-0.25, -0.2) is 0 Å². The monoisotopic (exact) mass is 391 g/mol. The molecule has 9 heteroatoms. The first-order valence-corrected chi connectivity index (χ1v) is 7.80. The van der Waals surface area contributed by atoms with E-state index in [1.54, 1.807) is 24.3 Å². The molecule has 0 atom stereocenters. The van der Waals surface area contributed by atoms with Crippen molar-refractivity contribution in [2.45, 2.75) is 25.7 Å². The molecular weight excluding hydrogens is 376 g/mol. The maximum Gasteiger partial charge on any atom is 0.416 e. The first-order chi connectivity index (χ1) is 12.5. The molecule has 27 heavy (non-hydrogen) atoms. The van der Waals surface area contributed by atoms with Gasteiger partial charge in [0.25, 0.3) is 5.91 Å². The minimum atomic E-state index is -4.99. The lowest BCUT2D eigenvalue weighted by molar-refractivity contribution is -0.143. The maximum atomic E-state index is 12.8. The summed E-state index contributed by atoms with van der Waals surface area (Å²) in [5, 5.41) is 2.00. The number of rotatable bonds is 5. The molecule has 0 fully saturated rings. The van der Waals surface area contributed by atoms with E-state index in [2.05, 4.69) is 0 Å². The molecule has 0 unspecified atom stereocenters. The van der Waals surface area contributed by atoms with E-state index in [9.17, 15) is 31.1 Å². The van der Waals surface area contributed by atoms with Gasteiger partial charge in [0.05, 0.1) is 11.1 Å². The van der Waals surface area contributed by atoms with Crippen molar-refractivity contribution in [3.05, 3.63) is 59.2 Å². The highest BCUT2D eigenvalue weighted by molar-refractivity contribution is 5.92. The minimum Gasteiger partial charge on any atom is -0.484 e. The van der Waals surface area contributed by atoms with Crippen molar-refractivity contribution in [3.8, 4) is 5.75 Å². The number of benzene rings is 2. The number of halogens is 6. The second kappa shape index (κ2) is 7.89. The van der Waals surface area contributed by atoms with E-state index in [1.165, 1.54) is 0 Å². The fraction of sp³-hybridized carbons (Fsp3) is 0.278. The van der Waals surface area contributed by atoms with Gasteiger partial charge in [0, 0.05) is 5.69 Å². The van der Waals surface area contributed by atoms with E-state index in [0.29, 0.717) is 17.9 Å². The van der Waals surface area contributed by atoms with Crippen LogP contribution in [0.2, 0.25) is 0 Å². The van der Waals surface area contributed by atoms with Gasteiger partial charge in [-0.05, 0) is 42.3 Å². The molecule has 1 amide bonds. The fourth-order valence-electron chi connectivity index (χ4n) is 2.19. The molecule has 3 nitrogen and oxygen atoms in total. The number of nitrogens with one attached hydrogen (secondary N) is 1. The largest absolute Gasteiger partial charge is 0.484 e. The summed E-state index contributed by atoms with van der Waals surface area (Å²) in [7, 11) is 0. The number of amides is 1. The number of anilines is 1. The molecule has 2 aromatic rings. The topological polar surface area (TPSA) is 38.3 Å². The number of hydrogen-bond acceptors (Lipinski definition) is 2. The van der Waals surface area contributed by atoms with Gasteiger partial charge in [0.15, 0.2) is 6.61 Å². The second-order valence-corrected chi connectivity index (χ2v) is 5.63. The summed E-state index contributed by atoms with van der Waals surface area (Å²) in [6.45, 7) is 1.39. The van der Waals surface area contributed by atoms with Crippen molar-refractivity contribution < 1.29 is 35.9 Å². The molecular formula is C18H15F6NO2. The highest BCUT2D eigenvalue weighted by atomic mass is 19.4. The van der Waals surface area contributed by atoms with Crippen LogP contribution in [-0.2, 0) is 23.6 Å². The number of hydrogen-bond donors (Lipinski definition) is 1. The molecule has 0 saturated heterocycles. The Hall–Kier alpha value is -2.71. The molecule has 0 saturated carbocycles. The molecule has 0 heterocycles. The molecule has 0 aliphatic heterocycles. The maximum absolute atomic E-state index is 12.8. The van der Waals surface area contributed by atoms with Crippen molar-refractivity contribution in [3.63, 3.8) is 0 Å². The van der Waals surface area contributed by atoms with Crippen molar-refractivity contribution in [1.29, 1.82) is 0 Å². The SMILES string of the molecule is CCc1ccc(OCC(=O)Nc2cc(C(F)(F)F)cc(C(F)(F)F)c2)cc1. The number of ether oxygens (including phenoxy) is 1. The summed E-state index contributed by atoms with van der Waals surface area (Å²) >= 11 is 0. The summed E-state index contributed by atoms with van der Waals surface area (Å²) in [4.78, 5) is 11.8. The smallest absolute Gasteiger partial charge is 0.416 e. The van der Waals surface area contributed by atoms with Gasteiger partial charge in [-0.2, -0.15) is 26.3 Å². The van der Waals surface area contributed by atoms with Crippen LogP contribution in [0.4, 0.5) is 32.0 Å². The Morgan fingerprint density at radius 1 is 0.926 bits per heavy atom.